The maximum absolute atomic E-state index is 14.8. The standard InChI is InChI=1S/C20H17ClF3N3O/c1-27-9-7-14-17(18(27)28)26-16-6-5-12(21)10-15(16)19(14,20(22,23)24)11-13-4-2-3-8-25-13/h2-6,8,10,26H,7,9,11H2,1H3. The summed E-state index contributed by atoms with van der Waals surface area (Å²) < 4.78 is 44.5. The van der Waals surface area contributed by atoms with E-state index in [4.69, 9.17) is 11.6 Å². The summed E-state index contributed by atoms with van der Waals surface area (Å²) in [4.78, 5) is 18.3. The van der Waals surface area contributed by atoms with E-state index in [0.29, 0.717) is 5.69 Å². The lowest BCUT2D eigenvalue weighted by Gasteiger charge is -2.46. The molecule has 1 atom stereocenters. The molecule has 28 heavy (non-hydrogen) atoms. The number of nitrogens with zero attached hydrogens (tertiary/aromatic N) is 2. The zero-order chi connectivity index (χ0) is 20.1. The summed E-state index contributed by atoms with van der Waals surface area (Å²) in [5, 5.41) is 3.14. The summed E-state index contributed by atoms with van der Waals surface area (Å²) in [6, 6.07) is 9.21. The van der Waals surface area contributed by atoms with Crippen molar-refractivity contribution >= 4 is 23.2 Å². The maximum Gasteiger partial charge on any atom is 0.402 e. The molecular weight excluding hydrogens is 391 g/mol. The van der Waals surface area contributed by atoms with Crippen LogP contribution < -0.4 is 5.32 Å². The van der Waals surface area contributed by atoms with Gasteiger partial charge >= 0.3 is 6.18 Å². The molecule has 146 valence electrons. The average molecular weight is 408 g/mol. The van der Waals surface area contributed by atoms with E-state index in [2.05, 4.69) is 10.3 Å². The van der Waals surface area contributed by atoms with Crippen LogP contribution in [0.4, 0.5) is 18.9 Å². The SMILES string of the molecule is CN1CCC2=C(Nc3ccc(Cl)cc3C2(Cc2ccccn2)C(F)(F)F)C1=O. The number of alkyl halides is 3. The number of anilines is 1. The van der Waals surface area contributed by atoms with E-state index in [0.717, 1.165) is 0 Å². The summed E-state index contributed by atoms with van der Waals surface area (Å²) in [5.74, 6) is -0.448. The lowest BCUT2D eigenvalue weighted by Crippen LogP contribution is -2.53. The Morgan fingerprint density at radius 2 is 2.07 bits per heavy atom. The Kier molecular flexibility index (Phi) is 4.38. The van der Waals surface area contributed by atoms with Crippen LogP contribution >= 0.6 is 11.6 Å². The van der Waals surface area contributed by atoms with Crippen LogP contribution in [0.5, 0.6) is 0 Å². The molecule has 0 spiro atoms. The van der Waals surface area contributed by atoms with Gasteiger partial charge in [0.2, 0.25) is 0 Å². The summed E-state index contributed by atoms with van der Waals surface area (Å²) in [6.45, 7) is 0.218. The molecule has 0 saturated carbocycles. The third-order valence-corrected chi connectivity index (χ3v) is 5.67. The van der Waals surface area contributed by atoms with Crippen LogP contribution in [-0.2, 0) is 16.6 Å². The van der Waals surface area contributed by atoms with Gasteiger partial charge in [-0.2, -0.15) is 13.2 Å². The molecule has 3 heterocycles. The van der Waals surface area contributed by atoms with Gasteiger partial charge in [-0.1, -0.05) is 17.7 Å². The second-order valence-corrected chi connectivity index (χ2v) is 7.48. The Labute approximate surface area is 165 Å². The number of rotatable bonds is 2. The predicted octanol–water partition coefficient (Wildman–Crippen LogP) is 4.32. The molecule has 0 saturated heterocycles. The van der Waals surface area contributed by atoms with Crippen LogP contribution in [0, 0.1) is 0 Å². The van der Waals surface area contributed by atoms with Crippen LogP contribution in [0.1, 0.15) is 17.7 Å². The second-order valence-electron chi connectivity index (χ2n) is 7.05. The van der Waals surface area contributed by atoms with Gasteiger partial charge in [0.1, 0.15) is 11.1 Å². The number of hydrogen-bond donors (Lipinski definition) is 1. The van der Waals surface area contributed by atoms with Crippen molar-refractivity contribution in [3.8, 4) is 0 Å². The quantitative estimate of drug-likeness (QED) is 0.806. The second kappa shape index (κ2) is 6.51. The van der Waals surface area contributed by atoms with Gasteiger partial charge in [0.15, 0.2) is 0 Å². The molecule has 2 aliphatic heterocycles. The predicted molar refractivity (Wildman–Crippen MR) is 100 cm³/mol. The lowest BCUT2D eigenvalue weighted by molar-refractivity contribution is -0.181. The van der Waals surface area contributed by atoms with Gasteiger partial charge in [0.25, 0.3) is 5.91 Å². The molecular formula is C20H17ClF3N3O. The van der Waals surface area contributed by atoms with Crippen LogP contribution in [0.3, 0.4) is 0 Å². The molecule has 1 aromatic carbocycles. The molecule has 0 radical (unpaired) electrons. The first-order valence-electron chi connectivity index (χ1n) is 8.77. The zero-order valence-electron chi connectivity index (χ0n) is 15.0. The number of halogens is 4. The largest absolute Gasteiger partial charge is 0.402 e. The first kappa shape index (κ1) is 18.8. The third-order valence-electron chi connectivity index (χ3n) is 5.43. The number of carbonyl (C=O) groups excluding carboxylic acids is 1. The van der Waals surface area contributed by atoms with E-state index in [1.165, 1.54) is 29.3 Å². The van der Waals surface area contributed by atoms with Crippen LogP contribution in [0.25, 0.3) is 0 Å². The molecule has 0 aliphatic carbocycles. The lowest BCUT2D eigenvalue weighted by atomic mass is 9.65. The first-order chi connectivity index (χ1) is 13.2. The third kappa shape index (κ3) is 2.76. The summed E-state index contributed by atoms with van der Waals surface area (Å²) in [6.07, 6.45) is -3.47. The van der Waals surface area contributed by atoms with E-state index in [-0.39, 0.29) is 40.5 Å². The Morgan fingerprint density at radius 1 is 1.29 bits per heavy atom. The molecule has 2 aromatic rings. The van der Waals surface area contributed by atoms with Gasteiger partial charge in [0, 0.05) is 42.6 Å². The normalized spacial score (nSPS) is 21.9. The van der Waals surface area contributed by atoms with Crippen molar-refractivity contribution in [1.82, 2.24) is 9.88 Å². The van der Waals surface area contributed by atoms with Crippen LogP contribution in [0.15, 0.2) is 53.9 Å². The number of aromatic nitrogens is 1. The zero-order valence-corrected chi connectivity index (χ0v) is 15.7. The van der Waals surface area contributed by atoms with Gasteiger partial charge in [-0.25, -0.2) is 0 Å². The van der Waals surface area contributed by atoms with Gasteiger partial charge in [0.05, 0.1) is 0 Å². The fraction of sp³-hybridized carbons (Fsp3) is 0.300. The van der Waals surface area contributed by atoms with Crippen molar-refractivity contribution in [2.75, 3.05) is 18.9 Å². The van der Waals surface area contributed by atoms with E-state index < -0.39 is 23.9 Å². The number of pyridine rings is 1. The Hall–Kier alpha value is -2.54. The number of likely N-dealkylation sites (N-methyl/N-ethyl adjacent to an activating group) is 1. The number of hydrogen-bond acceptors (Lipinski definition) is 3. The maximum atomic E-state index is 14.8. The number of nitrogens with one attached hydrogen (secondary N) is 1. The minimum atomic E-state index is -4.65. The van der Waals surface area contributed by atoms with Gasteiger partial charge in [-0.05, 0) is 47.9 Å². The van der Waals surface area contributed by atoms with Crippen LogP contribution in [-0.4, -0.2) is 35.6 Å². The molecule has 0 bridgehead atoms. The number of fused-ring (bicyclic) bond motifs is 1. The van der Waals surface area contributed by atoms with Gasteiger partial charge in [-0.3, -0.25) is 9.78 Å². The minimum absolute atomic E-state index is 0.00294. The van der Waals surface area contributed by atoms with Crippen molar-refractivity contribution in [3.05, 3.63) is 70.1 Å². The fourth-order valence-corrected chi connectivity index (χ4v) is 4.23. The highest BCUT2D eigenvalue weighted by Gasteiger charge is 2.62. The van der Waals surface area contributed by atoms with Crippen molar-refractivity contribution in [2.24, 2.45) is 0 Å². The molecule has 1 unspecified atom stereocenters. The molecule has 0 fully saturated rings. The van der Waals surface area contributed by atoms with E-state index in [9.17, 15) is 18.0 Å². The monoisotopic (exact) mass is 407 g/mol. The Morgan fingerprint density at radius 3 is 2.75 bits per heavy atom. The van der Waals surface area contributed by atoms with E-state index >= 15 is 0 Å². The first-order valence-corrected chi connectivity index (χ1v) is 9.14. The summed E-state index contributed by atoms with van der Waals surface area (Å²) in [7, 11) is 1.58. The summed E-state index contributed by atoms with van der Waals surface area (Å²) in [5.41, 5.74) is -1.78. The molecule has 4 rings (SSSR count). The van der Waals surface area contributed by atoms with Gasteiger partial charge in [-0.15, -0.1) is 0 Å². The van der Waals surface area contributed by atoms with Crippen LogP contribution in [0.2, 0.25) is 5.02 Å². The molecule has 4 nitrogen and oxygen atoms in total. The minimum Gasteiger partial charge on any atom is -0.351 e. The summed E-state index contributed by atoms with van der Waals surface area (Å²) >= 11 is 6.08. The highest BCUT2D eigenvalue weighted by Crippen LogP contribution is 2.56. The highest BCUT2D eigenvalue weighted by molar-refractivity contribution is 6.30. The molecule has 8 heteroatoms. The number of benzene rings is 1. The van der Waals surface area contributed by atoms with Crippen molar-refractivity contribution in [1.29, 1.82) is 0 Å². The Bertz CT molecular complexity index is 974. The smallest absolute Gasteiger partial charge is 0.351 e. The Balaban J connectivity index is 2.03. The van der Waals surface area contributed by atoms with Crippen molar-refractivity contribution < 1.29 is 18.0 Å². The average Bonchev–Trinajstić information content (AvgIpc) is 2.65. The molecule has 1 amide bonds. The van der Waals surface area contributed by atoms with Gasteiger partial charge < -0.3 is 10.2 Å². The van der Waals surface area contributed by atoms with Crippen molar-refractivity contribution in [2.45, 2.75) is 24.4 Å². The highest BCUT2D eigenvalue weighted by atomic mass is 35.5. The van der Waals surface area contributed by atoms with Crippen molar-refractivity contribution in [3.63, 3.8) is 0 Å². The van der Waals surface area contributed by atoms with E-state index in [1.54, 1.807) is 25.2 Å². The van der Waals surface area contributed by atoms with E-state index in [1.807, 2.05) is 0 Å². The number of carbonyl (C=O) groups is 1. The molecule has 1 aromatic heterocycles. The fourth-order valence-electron chi connectivity index (χ4n) is 4.06. The molecule has 1 N–H and O–H groups in total. The topological polar surface area (TPSA) is 45.2 Å². The molecule has 2 aliphatic rings. The number of amides is 1.